The van der Waals surface area contributed by atoms with Gasteiger partial charge in [-0.05, 0) is 55.3 Å². The molecular weight excluding hydrogens is 458 g/mol. The Bertz CT molecular complexity index is 1330. The van der Waals surface area contributed by atoms with E-state index in [4.69, 9.17) is 0 Å². The van der Waals surface area contributed by atoms with E-state index in [1.165, 1.54) is 24.2 Å². The van der Waals surface area contributed by atoms with Gasteiger partial charge in [0.15, 0.2) is 5.16 Å². The molecule has 0 unspecified atom stereocenters. The highest BCUT2D eigenvalue weighted by Gasteiger charge is 2.18. The lowest BCUT2D eigenvalue weighted by Crippen LogP contribution is -2.15. The summed E-state index contributed by atoms with van der Waals surface area (Å²) in [7, 11) is 0. The van der Waals surface area contributed by atoms with Gasteiger partial charge in [-0.25, -0.2) is 0 Å². The smallest absolute Gasteiger partial charge is 0.234 e. The molecule has 0 spiro atoms. The van der Waals surface area contributed by atoms with E-state index in [9.17, 15) is 9.59 Å². The number of aromatic nitrogens is 3. The zero-order valence-electron chi connectivity index (χ0n) is 19.9. The van der Waals surface area contributed by atoms with E-state index in [0.717, 1.165) is 22.6 Å². The standard InChI is InChI=1S/C27H27N5O2S/c1-18-9-14-24(19(2)15-18)32-25(16-21-7-5-4-6-8-21)30-31-27(32)35-17-26(34)29-23-12-10-22(11-13-23)28-20(3)33/h4-15H,16-17H2,1-3H3,(H,28,33)(H,29,34). The molecule has 8 heteroatoms. The highest BCUT2D eigenvalue weighted by molar-refractivity contribution is 7.99. The van der Waals surface area contributed by atoms with E-state index in [0.29, 0.717) is 23.0 Å². The van der Waals surface area contributed by atoms with Crippen molar-refractivity contribution in [3.63, 3.8) is 0 Å². The summed E-state index contributed by atoms with van der Waals surface area (Å²) in [4.78, 5) is 23.8. The molecule has 2 amide bonds. The van der Waals surface area contributed by atoms with Crippen LogP contribution >= 0.6 is 11.8 Å². The number of hydrogen-bond donors (Lipinski definition) is 2. The number of rotatable bonds is 8. The molecule has 0 saturated carbocycles. The summed E-state index contributed by atoms with van der Waals surface area (Å²) < 4.78 is 2.04. The zero-order valence-corrected chi connectivity index (χ0v) is 20.7. The van der Waals surface area contributed by atoms with Crippen molar-refractivity contribution in [2.24, 2.45) is 0 Å². The first-order chi connectivity index (χ1) is 16.9. The third-order valence-corrected chi connectivity index (χ3v) is 6.25. The minimum Gasteiger partial charge on any atom is -0.326 e. The Labute approximate surface area is 209 Å². The van der Waals surface area contributed by atoms with E-state index in [1.807, 2.05) is 22.8 Å². The summed E-state index contributed by atoms with van der Waals surface area (Å²) in [6, 6.07) is 23.4. The Morgan fingerprint density at radius 2 is 1.57 bits per heavy atom. The van der Waals surface area contributed by atoms with Crippen molar-refractivity contribution in [1.82, 2.24) is 14.8 Å². The van der Waals surface area contributed by atoms with Gasteiger partial charge < -0.3 is 10.6 Å². The van der Waals surface area contributed by atoms with Gasteiger partial charge in [-0.3, -0.25) is 14.2 Å². The summed E-state index contributed by atoms with van der Waals surface area (Å²) in [6.07, 6.45) is 0.633. The number of anilines is 2. The van der Waals surface area contributed by atoms with Crippen LogP contribution in [0.4, 0.5) is 11.4 Å². The van der Waals surface area contributed by atoms with Crippen LogP contribution in [0.2, 0.25) is 0 Å². The molecule has 3 aromatic carbocycles. The summed E-state index contributed by atoms with van der Waals surface area (Å²) in [6.45, 7) is 5.59. The number of hydrogen-bond acceptors (Lipinski definition) is 5. The predicted octanol–water partition coefficient (Wildman–Crippen LogP) is 5.16. The van der Waals surface area contributed by atoms with Crippen LogP contribution in [0.15, 0.2) is 78.0 Å². The Kier molecular flexibility index (Phi) is 7.62. The van der Waals surface area contributed by atoms with Crippen LogP contribution in [0, 0.1) is 13.8 Å². The van der Waals surface area contributed by atoms with Gasteiger partial charge in [-0.1, -0.05) is 59.8 Å². The number of nitrogens with zero attached hydrogens (tertiary/aromatic N) is 3. The average molecular weight is 486 g/mol. The number of thioether (sulfide) groups is 1. The fourth-order valence-electron chi connectivity index (χ4n) is 3.75. The summed E-state index contributed by atoms with van der Waals surface area (Å²) in [5.74, 6) is 0.710. The molecule has 0 saturated heterocycles. The first kappa shape index (κ1) is 24.2. The molecule has 4 rings (SSSR count). The molecule has 1 heterocycles. The second-order valence-corrected chi connectivity index (χ2v) is 9.22. The SMILES string of the molecule is CC(=O)Nc1ccc(NC(=O)CSc2nnc(Cc3ccccc3)n2-c2ccc(C)cc2C)cc1. The predicted molar refractivity (Wildman–Crippen MR) is 140 cm³/mol. The quantitative estimate of drug-likeness (QED) is 0.336. The Hall–Kier alpha value is -3.91. The molecule has 4 aromatic rings. The van der Waals surface area contributed by atoms with Crippen molar-refractivity contribution in [3.8, 4) is 5.69 Å². The van der Waals surface area contributed by atoms with E-state index >= 15 is 0 Å². The first-order valence-electron chi connectivity index (χ1n) is 11.2. The van der Waals surface area contributed by atoms with Crippen LogP contribution in [-0.4, -0.2) is 32.3 Å². The maximum atomic E-state index is 12.6. The number of benzene rings is 3. The third kappa shape index (κ3) is 6.36. The fraction of sp³-hybridized carbons (Fsp3) is 0.185. The van der Waals surface area contributed by atoms with Crippen molar-refractivity contribution >= 4 is 35.0 Å². The molecule has 0 aliphatic carbocycles. The van der Waals surface area contributed by atoms with E-state index in [1.54, 1.807) is 24.3 Å². The molecule has 35 heavy (non-hydrogen) atoms. The number of nitrogens with one attached hydrogen (secondary N) is 2. The summed E-state index contributed by atoms with van der Waals surface area (Å²) in [5.41, 5.74) is 5.78. The van der Waals surface area contributed by atoms with Gasteiger partial charge in [-0.15, -0.1) is 10.2 Å². The lowest BCUT2D eigenvalue weighted by molar-refractivity contribution is -0.114. The minimum absolute atomic E-state index is 0.141. The molecule has 0 fully saturated rings. The Morgan fingerprint density at radius 1 is 0.886 bits per heavy atom. The molecular formula is C27H27N5O2S. The maximum absolute atomic E-state index is 12.6. The topological polar surface area (TPSA) is 88.9 Å². The third-order valence-electron chi connectivity index (χ3n) is 5.32. The van der Waals surface area contributed by atoms with Gasteiger partial charge in [-0.2, -0.15) is 0 Å². The van der Waals surface area contributed by atoms with Crippen LogP contribution < -0.4 is 10.6 Å². The molecule has 0 atom stereocenters. The molecule has 1 aromatic heterocycles. The normalized spacial score (nSPS) is 10.7. The first-order valence-corrected chi connectivity index (χ1v) is 12.2. The monoisotopic (exact) mass is 485 g/mol. The van der Waals surface area contributed by atoms with Gasteiger partial charge in [0.05, 0.1) is 11.4 Å². The van der Waals surface area contributed by atoms with Crippen LogP contribution in [0.5, 0.6) is 0 Å². The molecule has 0 radical (unpaired) electrons. The summed E-state index contributed by atoms with van der Waals surface area (Å²) in [5, 5.41) is 15.2. The van der Waals surface area contributed by atoms with Gasteiger partial charge in [0.1, 0.15) is 5.82 Å². The molecule has 0 aliphatic heterocycles. The molecule has 0 aliphatic rings. The number of amides is 2. The van der Waals surface area contributed by atoms with Crippen molar-refractivity contribution in [1.29, 1.82) is 0 Å². The van der Waals surface area contributed by atoms with Gasteiger partial charge in [0, 0.05) is 24.7 Å². The minimum atomic E-state index is -0.151. The van der Waals surface area contributed by atoms with Crippen LogP contribution in [0.1, 0.15) is 29.4 Å². The summed E-state index contributed by atoms with van der Waals surface area (Å²) >= 11 is 1.35. The van der Waals surface area contributed by atoms with Crippen LogP contribution in [0.25, 0.3) is 5.69 Å². The van der Waals surface area contributed by atoms with Crippen molar-refractivity contribution < 1.29 is 9.59 Å². The average Bonchev–Trinajstić information content (AvgIpc) is 3.21. The lowest BCUT2D eigenvalue weighted by atomic mass is 10.1. The van der Waals surface area contributed by atoms with E-state index in [2.05, 4.69) is 65.0 Å². The lowest BCUT2D eigenvalue weighted by Gasteiger charge is -2.14. The fourth-order valence-corrected chi connectivity index (χ4v) is 4.52. The molecule has 7 nitrogen and oxygen atoms in total. The second kappa shape index (κ2) is 11.0. The van der Waals surface area contributed by atoms with Gasteiger partial charge in [0.25, 0.3) is 0 Å². The molecule has 0 bridgehead atoms. The number of carbonyl (C=O) groups is 2. The number of carbonyl (C=O) groups excluding carboxylic acids is 2. The Balaban J connectivity index is 1.51. The van der Waals surface area contributed by atoms with Gasteiger partial charge >= 0.3 is 0 Å². The highest BCUT2D eigenvalue weighted by atomic mass is 32.2. The Morgan fingerprint density at radius 3 is 2.23 bits per heavy atom. The van der Waals surface area contributed by atoms with Gasteiger partial charge in [0.2, 0.25) is 11.8 Å². The van der Waals surface area contributed by atoms with E-state index in [-0.39, 0.29) is 17.6 Å². The molecule has 2 N–H and O–H groups in total. The molecule has 178 valence electrons. The number of aryl methyl sites for hydroxylation is 2. The largest absolute Gasteiger partial charge is 0.326 e. The van der Waals surface area contributed by atoms with E-state index < -0.39 is 0 Å². The zero-order chi connectivity index (χ0) is 24.8. The second-order valence-electron chi connectivity index (χ2n) is 8.28. The van der Waals surface area contributed by atoms with Crippen molar-refractivity contribution in [3.05, 3.63) is 95.3 Å². The van der Waals surface area contributed by atoms with Crippen molar-refractivity contribution in [2.45, 2.75) is 32.3 Å². The van der Waals surface area contributed by atoms with Crippen molar-refractivity contribution in [2.75, 3.05) is 16.4 Å². The van der Waals surface area contributed by atoms with Crippen LogP contribution in [-0.2, 0) is 16.0 Å². The maximum Gasteiger partial charge on any atom is 0.234 e. The van der Waals surface area contributed by atoms with Crippen LogP contribution in [0.3, 0.4) is 0 Å². The highest BCUT2D eigenvalue weighted by Crippen LogP contribution is 2.26.